The second-order valence-corrected chi connectivity index (χ2v) is 5.89. The maximum atomic E-state index is 11.8. The predicted octanol–water partition coefficient (Wildman–Crippen LogP) is 3.38. The molecule has 2 aromatic carbocycles. The van der Waals surface area contributed by atoms with Gasteiger partial charge in [-0.15, -0.1) is 0 Å². The molecule has 0 saturated carbocycles. The summed E-state index contributed by atoms with van der Waals surface area (Å²) in [5.74, 6) is 0.497. The Morgan fingerprint density at radius 1 is 1.26 bits per heavy atom. The molecule has 0 spiro atoms. The summed E-state index contributed by atoms with van der Waals surface area (Å²) < 4.78 is 6.43. The lowest BCUT2D eigenvalue weighted by Crippen LogP contribution is -2.25. The molecule has 0 atom stereocenters. The third-order valence-corrected chi connectivity index (χ3v) is 3.62. The van der Waals surface area contributed by atoms with Gasteiger partial charge in [-0.3, -0.25) is 4.79 Å². The fourth-order valence-corrected chi connectivity index (χ4v) is 2.34. The number of nitrogens with one attached hydrogen (secondary N) is 1. The molecular weight excluding hydrogens is 360 g/mol. The van der Waals surface area contributed by atoms with Crippen LogP contribution in [0.5, 0.6) is 11.5 Å². The number of hydrazone groups is 1. The van der Waals surface area contributed by atoms with E-state index in [2.05, 4.69) is 26.5 Å². The van der Waals surface area contributed by atoms with Crippen LogP contribution in [0.1, 0.15) is 18.1 Å². The first kappa shape index (κ1) is 17.0. The van der Waals surface area contributed by atoms with Crippen LogP contribution in [0.15, 0.2) is 52.0 Å². The highest BCUT2D eigenvalue weighted by molar-refractivity contribution is 9.10. The number of hydrogen-bond acceptors (Lipinski definition) is 4. The van der Waals surface area contributed by atoms with E-state index in [1.54, 1.807) is 37.3 Å². The molecule has 0 aliphatic heterocycles. The molecule has 0 saturated heterocycles. The van der Waals surface area contributed by atoms with Gasteiger partial charge in [-0.1, -0.05) is 15.9 Å². The first-order chi connectivity index (χ1) is 11.0. The number of halogens is 1. The van der Waals surface area contributed by atoms with E-state index in [4.69, 9.17) is 4.74 Å². The number of carbonyl (C=O) groups is 1. The van der Waals surface area contributed by atoms with Gasteiger partial charge in [-0.2, -0.15) is 5.10 Å². The van der Waals surface area contributed by atoms with Crippen molar-refractivity contribution in [3.63, 3.8) is 0 Å². The lowest BCUT2D eigenvalue weighted by atomic mass is 10.1. The number of phenolic OH excluding ortho intramolecular Hbond substituents is 1. The molecule has 6 heteroatoms. The van der Waals surface area contributed by atoms with Crippen LogP contribution < -0.4 is 10.2 Å². The van der Waals surface area contributed by atoms with Crippen molar-refractivity contribution in [1.29, 1.82) is 0 Å². The zero-order valence-electron chi connectivity index (χ0n) is 12.8. The monoisotopic (exact) mass is 376 g/mol. The van der Waals surface area contributed by atoms with Gasteiger partial charge in [-0.05, 0) is 67.4 Å². The van der Waals surface area contributed by atoms with Crippen LogP contribution in [0, 0.1) is 6.92 Å². The molecule has 0 fully saturated rings. The third-order valence-electron chi connectivity index (χ3n) is 3.13. The number of phenols is 1. The average molecular weight is 377 g/mol. The Kier molecular flexibility index (Phi) is 5.76. The Labute approximate surface area is 143 Å². The highest BCUT2D eigenvalue weighted by Gasteiger charge is 2.05. The topological polar surface area (TPSA) is 70.9 Å². The zero-order chi connectivity index (χ0) is 16.8. The fraction of sp³-hybridized carbons (Fsp3) is 0.176. The lowest BCUT2D eigenvalue weighted by molar-refractivity contribution is -0.123. The molecule has 0 aliphatic carbocycles. The standard InChI is InChI=1S/C17H17BrN2O3/c1-11-9-14(18)5-8-16(11)23-10-17(22)20-19-12(2)13-3-6-15(21)7-4-13/h3-9,21H,10H2,1-2H3,(H,20,22). The van der Waals surface area contributed by atoms with Crippen LogP contribution in [0.3, 0.4) is 0 Å². The Bertz CT molecular complexity index is 727. The largest absolute Gasteiger partial charge is 0.508 e. The highest BCUT2D eigenvalue weighted by atomic mass is 79.9. The Morgan fingerprint density at radius 3 is 2.61 bits per heavy atom. The van der Waals surface area contributed by atoms with Crippen LogP contribution >= 0.6 is 15.9 Å². The normalized spacial score (nSPS) is 11.2. The van der Waals surface area contributed by atoms with Crippen LogP contribution in [-0.2, 0) is 4.79 Å². The van der Waals surface area contributed by atoms with E-state index in [9.17, 15) is 9.90 Å². The van der Waals surface area contributed by atoms with Crippen LogP contribution in [-0.4, -0.2) is 23.3 Å². The summed E-state index contributed by atoms with van der Waals surface area (Å²) in [5.41, 5.74) is 4.84. The van der Waals surface area contributed by atoms with E-state index < -0.39 is 0 Å². The minimum Gasteiger partial charge on any atom is -0.508 e. The highest BCUT2D eigenvalue weighted by Crippen LogP contribution is 2.21. The molecule has 2 rings (SSSR count). The average Bonchev–Trinajstić information content (AvgIpc) is 2.52. The van der Waals surface area contributed by atoms with E-state index >= 15 is 0 Å². The van der Waals surface area contributed by atoms with Gasteiger partial charge in [0.1, 0.15) is 11.5 Å². The molecule has 0 aliphatic rings. The molecule has 23 heavy (non-hydrogen) atoms. The quantitative estimate of drug-likeness (QED) is 0.620. The molecule has 2 aromatic rings. The van der Waals surface area contributed by atoms with E-state index in [1.807, 2.05) is 19.1 Å². The smallest absolute Gasteiger partial charge is 0.277 e. The molecule has 2 N–H and O–H groups in total. The van der Waals surface area contributed by atoms with E-state index in [1.165, 1.54) is 0 Å². The summed E-state index contributed by atoms with van der Waals surface area (Å²) in [6.07, 6.45) is 0. The molecule has 0 aromatic heterocycles. The third kappa shape index (κ3) is 5.10. The van der Waals surface area contributed by atoms with Gasteiger partial charge in [0.25, 0.3) is 5.91 Å². The number of amides is 1. The van der Waals surface area contributed by atoms with Crippen LogP contribution in [0.4, 0.5) is 0 Å². The number of hydrogen-bond donors (Lipinski definition) is 2. The molecule has 0 heterocycles. The summed E-state index contributed by atoms with van der Waals surface area (Å²) in [7, 11) is 0. The number of nitrogens with zero attached hydrogens (tertiary/aromatic N) is 1. The first-order valence-electron chi connectivity index (χ1n) is 6.97. The van der Waals surface area contributed by atoms with Crippen molar-refractivity contribution in [3.8, 4) is 11.5 Å². The number of rotatable bonds is 5. The van der Waals surface area contributed by atoms with Gasteiger partial charge < -0.3 is 9.84 Å². The van der Waals surface area contributed by atoms with Crippen molar-refractivity contribution >= 4 is 27.5 Å². The molecule has 1 amide bonds. The second-order valence-electron chi connectivity index (χ2n) is 4.98. The predicted molar refractivity (Wildman–Crippen MR) is 92.8 cm³/mol. The summed E-state index contributed by atoms with van der Waals surface area (Å²) in [6, 6.07) is 12.2. The summed E-state index contributed by atoms with van der Waals surface area (Å²) in [4.78, 5) is 11.8. The molecule has 0 radical (unpaired) electrons. The maximum Gasteiger partial charge on any atom is 0.277 e. The van der Waals surface area contributed by atoms with Gasteiger partial charge in [0.05, 0.1) is 5.71 Å². The Morgan fingerprint density at radius 2 is 1.96 bits per heavy atom. The van der Waals surface area contributed by atoms with Gasteiger partial charge >= 0.3 is 0 Å². The van der Waals surface area contributed by atoms with Crippen molar-refractivity contribution in [1.82, 2.24) is 5.43 Å². The van der Waals surface area contributed by atoms with E-state index in [-0.39, 0.29) is 18.3 Å². The molecule has 5 nitrogen and oxygen atoms in total. The van der Waals surface area contributed by atoms with Crippen molar-refractivity contribution in [3.05, 3.63) is 58.1 Å². The number of aryl methyl sites for hydroxylation is 1. The van der Waals surface area contributed by atoms with E-state index in [0.29, 0.717) is 11.5 Å². The van der Waals surface area contributed by atoms with E-state index in [0.717, 1.165) is 15.6 Å². The van der Waals surface area contributed by atoms with Crippen molar-refractivity contribution < 1.29 is 14.6 Å². The molecule has 120 valence electrons. The fourth-order valence-electron chi connectivity index (χ4n) is 1.86. The first-order valence-corrected chi connectivity index (χ1v) is 7.76. The van der Waals surface area contributed by atoms with Gasteiger partial charge in [-0.25, -0.2) is 5.43 Å². The van der Waals surface area contributed by atoms with Gasteiger partial charge in [0, 0.05) is 4.47 Å². The number of ether oxygens (including phenoxy) is 1. The zero-order valence-corrected chi connectivity index (χ0v) is 14.4. The summed E-state index contributed by atoms with van der Waals surface area (Å²) in [6.45, 7) is 3.56. The lowest BCUT2D eigenvalue weighted by Gasteiger charge is -2.08. The SMILES string of the molecule is CC(=NNC(=O)COc1ccc(Br)cc1C)c1ccc(O)cc1. The molecular formula is C17H17BrN2O3. The Balaban J connectivity index is 1.89. The van der Waals surface area contributed by atoms with Crippen molar-refractivity contribution in [2.24, 2.45) is 5.10 Å². The molecule has 0 unspecified atom stereocenters. The van der Waals surface area contributed by atoms with Crippen LogP contribution in [0.25, 0.3) is 0 Å². The summed E-state index contributed by atoms with van der Waals surface area (Å²) >= 11 is 3.38. The van der Waals surface area contributed by atoms with Crippen molar-refractivity contribution in [2.45, 2.75) is 13.8 Å². The van der Waals surface area contributed by atoms with Crippen molar-refractivity contribution in [2.75, 3.05) is 6.61 Å². The maximum absolute atomic E-state index is 11.8. The summed E-state index contributed by atoms with van der Waals surface area (Å²) in [5, 5.41) is 13.3. The number of aromatic hydroxyl groups is 1. The van der Waals surface area contributed by atoms with Gasteiger partial charge in [0.15, 0.2) is 6.61 Å². The number of carbonyl (C=O) groups excluding carboxylic acids is 1. The number of benzene rings is 2. The minimum atomic E-state index is -0.342. The second kappa shape index (κ2) is 7.78. The molecule has 0 bridgehead atoms. The Hall–Kier alpha value is -2.34. The van der Waals surface area contributed by atoms with Gasteiger partial charge in [0.2, 0.25) is 0 Å². The minimum absolute atomic E-state index is 0.116. The van der Waals surface area contributed by atoms with Crippen LogP contribution in [0.2, 0.25) is 0 Å².